The van der Waals surface area contributed by atoms with E-state index in [0.717, 1.165) is 5.56 Å². The van der Waals surface area contributed by atoms with Gasteiger partial charge in [-0.25, -0.2) is 27.1 Å². The lowest BCUT2D eigenvalue weighted by molar-refractivity contribution is 0.0257. The summed E-state index contributed by atoms with van der Waals surface area (Å²) in [7, 11) is -1.76. The van der Waals surface area contributed by atoms with Crippen molar-refractivity contribution in [3.8, 4) is 22.4 Å². The number of nitrogens with one attached hydrogen (secondary N) is 1. The lowest BCUT2D eigenvalue weighted by Crippen LogP contribution is -2.28. The van der Waals surface area contributed by atoms with Gasteiger partial charge in [0.1, 0.15) is 5.60 Å². The first-order valence-electron chi connectivity index (χ1n) is 13.0. The number of fused-ring (bicyclic) bond motifs is 1. The normalized spacial score (nSPS) is 16.0. The van der Waals surface area contributed by atoms with Crippen molar-refractivity contribution in [1.29, 1.82) is 4.78 Å². The van der Waals surface area contributed by atoms with Gasteiger partial charge >= 0.3 is 6.09 Å². The van der Waals surface area contributed by atoms with Crippen LogP contribution in [0.15, 0.2) is 47.4 Å². The Balaban J connectivity index is 0.00000216. The fraction of sp³-hybridized carbons (Fsp3) is 0.414. The molecule has 1 aromatic heterocycles. The third kappa shape index (κ3) is 7.31. The first-order valence-corrected chi connectivity index (χ1v) is 18.0. The van der Waals surface area contributed by atoms with Crippen molar-refractivity contribution < 1.29 is 22.5 Å². The summed E-state index contributed by atoms with van der Waals surface area (Å²) in [6.07, 6.45) is -0.918. The van der Waals surface area contributed by atoms with Crippen LogP contribution in [-0.4, -0.2) is 45.2 Å². The molecule has 1 atom stereocenters. The fourth-order valence-electron chi connectivity index (χ4n) is 4.38. The van der Waals surface area contributed by atoms with Crippen LogP contribution >= 0.6 is 30.1 Å². The number of aromatic nitrogens is 1. The van der Waals surface area contributed by atoms with Crippen LogP contribution in [0.2, 0.25) is 0 Å². The smallest absolute Gasteiger partial charge is 0.419 e. The molecule has 3 aromatic rings. The second-order valence-corrected chi connectivity index (χ2v) is 14.2. The maximum Gasteiger partial charge on any atom is 0.419 e. The van der Waals surface area contributed by atoms with Crippen LogP contribution in [-0.2, 0) is 14.5 Å². The van der Waals surface area contributed by atoms with Gasteiger partial charge in [0, 0.05) is 67.0 Å². The van der Waals surface area contributed by atoms with Gasteiger partial charge in [0.05, 0.1) is 27.5 Å². The minimum Gasteiger partial charge on any atom is -0.443 e. The summed E-state index contributed by atoms with van der Waals surface area (Å²) in [5.41, 5.74) is 1.85. The number of benzene rings is 2. The van der Waals surface area contributed by atoms with E-state index < -0.39 is 33.9 Å². The van der Waals surface area contributed by atoms with Gasteiger partial charge in [0.2, 0.25) is 0 Å². The molecule has 0 radical (unpaired) electrons. The van der Waals surface area contributed by atoms with Crippen LogP contribution in [0.4, 0.5) is 19.3 Å². The predicted octanol–water partition coefficient (Wildman–Crippen LogP) is 8.78. The number of hydrogen-bond donors (Lipinski definition) is 1. The van der Waals surface area contributed by atoms with E-state index in [9.17, 15) is 17.8 Å². The van der Waals surface area contributed by atoms with Crippen molar-refractivity contribution in [2.24, 2.45) is 0 Å². The van der Waals surface area contributed by atoms with Gasteiger partial charge in [0.25, 0.3) is 5.92 Å². The Bertz CT molecular complexity index is 1570. The number of hydrogen-bond acceptors (Lipinski definition) is 6. The average molecular weight is 702 g/mol. The molecule has 1 unspecified atom stereocenters. The number of halogens is 3. The monoisotopic (exact) mass is 701 g/mol. The molecular formula is C29H34F2IN3O3S2. The summed E-state index contributed by atoms with van der Waals surface area (Å²) in [5, 5.41) is 3.65. The number of carbonyl (C=O) groups excluding carboxylic acids is 1. The summed E-state index contributed by atoms with van der Waals surface area (Å²) in [5.74, 6) is 0.304. The SMILES string of the molecule is CC.CCS(=N)(=O)c1ccc(N2CCC(F)(F)C2)c(-c2cc3cc(C#CSI)ccc3n2C(=O)OC(C)(C)C)c1. The number of carbonyl (C=O) groups is 1. The van der Waals surface area contributed by atoms with Gasteiger partial charge in [-0.1, -0.05) is 26.7 Å². The molecule has 1 aliphatic heterocycles. The molecule has 0 saturated carbocycles. The highest BCUT2D eigenvalue weighted by Crippen LogP contribution is 2.40. The largest absolute Gasteiger partial charge is 0.443 e. The van der Waals surface area contributed by atoms with E-state index in [4.69, 9.17) is 9.52 Å². The summed E-state index contributed by atoms with van der Waals surface area (Å²) in [6.45, 7) is 10.6. The van der Waals surface area contributed by atoms with Crippen LogP contribution in [0.3, 0.4) is 0 Å². The lowest BCUT2D eigenvalue weighted by atomic mass is 10.1. The Labute approximate surface area is 251 Å². The van der Waals surface area contributed by atoms with Crippen LogP contribution in [0.1, 0.15) is 53.5 Å². The Hall–Kier alpha value is -2.30. The van der Waals surface area contributed by atoms with Crippen LogP contribution in [0, 0.1) is 16.0 Å². The Morgan fingerprint density at radius 3 is 2.48 bits per heavy atom. The second-order valence-electron chi connectivity index (χ2n) is 10.1. The van der Waals surface area contributed by atoms with E-state index in [0.29, 0.717) is 27.8 Å². The van der Waals surface area contributed by atoms with Crippen molar-refractivity contribution in [2.75, 3.05) is 23.7 Å². The van der Waals surface area contributed by atoms with Crippen molar-refractivity contribution in [2.45, 2.75) is 64.4 Å². The van der Waals surface area contributed by atoms with Crippen LogP contribution < -0.4 is 4.90 Å². The summed E-state index contributed by atoms with van der Waals surface area (Å²) in [6, 6.07) is 12.0. The molecule has 216 valence electrons. The molecular weight excluding hydrogens is 667 g/mol. The highest BCUT2D eigenvalue weighted by atomic mass is 127. The van der Waals surface area contributed by atoms with E-state index in [1.807, 2.05) is 19.9 Å². The zero-order chi connectivity index (χ0) is 29.9. The highest BCUT2D eigenvalue weighted by molar-refractivity contribution is 14.2. The molecule has 1 fully saturated rings. The molecule has 2 aromatic carbocycles. The van der Waals surface area contributed by atoms with E-state index in [2.05, 4.69) is 32.4 Å². The van der Waals surface area contributed by atoms with Crippen molar-refractivity contribution in [3.05, 3.63) is 48.0 Å². The molecule has 11 heteroatoms. The zero-order valence-electron chi connectivity index (χ0n) is 23.4. The molecule has 0 bridgehead atoms. The average Bonchev–Trinajstić information content (AvgIpc) is 3.46. The van der Waals surface area contributed by atoms with Gasteiger partial charge < -0.3 is 9.64 Å². The maximum absolute atomic E-state index is 14.2. The molecule has 1 aliphatic rings. The molecule has 40 heavy (non-hydrogen) atoms. The molecule has 1 N–H and O–H groups in total. The van der Waals surface area contributed by atoms with Gasteiger partial charge in [0.15, 0.2) is 0 Å². The first kappa shape index (κ1) is 32.2. The van der Waals surface area contributed by atoms with Gasteiger partial charge in [-0.05, 0) is 77.4 Å². The van der Waals surface area contributed by atoms with Crippen molar-refractivity contribution in [1.82, 2.24) is 4.57 Å². The van der Waals surface area contributed by atoms with Crippen molar-refractivity contribution >= 4 is 62.6 Å². The number of alkyl halides is 2. The van der Waals surface area contributed by atoms with E-state index in [-0.39, 0.29) is 23.6 Å². The third-order valence-corrected chi connectivity index (χ3v) is 8.82. The zero-order valence-corrected chi connectivity index (χ0v) is 27.2. The molecule has 4 rings (SSSR count). The molecule has 0 amide bonds. The Morgan fingerprint density at radius 2 is 1.90 bits per heavy atom. The highest BCUT2D eigenvalue weighted by Gasteiger charge is 2.39. The maximum atomic E-state index is 14.2. The Kier molecular flexibility index (Phi) is 10.2. The predicted molar refractivity (Wildman–Crippen MR) is 170 cm³/mol. The van der Waals surface area contributed by atoms with E-state index >= 15 is 0 Å². The van der Waals surface area contributed by atoms with Gasteiger partial charge in [-0.15, -0.1) is 0 Å². The first-order chi connectivity index (χ1) is 18.7. The summed E-state index contributed by atoms with van der Waals surface area (Å²) in [4.78, 5) is 15.4. The molecule has 1 saturated heterocycles. The molecule has 2 heterocycles. The quantitative estimate of drug-likeness (QED) is 0.218. The summed E-state index contributed by atoms with van der Waals surface area (Å²) < 4.78 is 57.0. The lowest BCUT2D eigenvalue weighted by Gasteiger charge is -2.24. The van der Waals surface area contributed by atoms with E-state index in [1.165, 1.54) is 13.5 Å². The standard InChI is InChI=1S/C27H28F2IN3O3S2.C2H6/c1-5-38(31,35)20-7-9-23(32-12-11-27(28,29)17-32)21(16-20)24-15-19-14-18(10-13-37-30)6-8-22(19)33(24)25(34)36-26(2,3)4;1-2/h6-9,14-16,31H,5,11-12,17H2,1-4H3;1-2H3. The number of ether oxygens (including phenoxy) is 1. The minimum atomic E-state index is -3.11. The second kappa shape index (κ2) is 12.7. The molecule has 6 nitrogen and oxygen atoms in total. The molecule has 0 spiro atoms. The van der Waals surface area contributed by atoms with Gasteiger partial charge in [-0.3, -0.25) is 0 Å². The van der Waals surface area contributed by atoms with Gasteiger partial charge in [-0.2, -0.15) is 0 Å². The van der Waals surface area contributed by atoms with Crippen molar-refractivity contribution in [3.63, 3.8) is 0 Å². The minimum absolute atomic E-state index is 0.0967. The van der Waals surface area contributed by atoms with E-state index in [1.54, 1.807) is 69.0 Å². The molecule has 0 aliphatic carbocycles. The number of anilines is 1. The van der Waals surface area contributed by atoms with Crippen LogP contribution in [0.5, 0.6) is 0 Å². The van der Waals surface area contributed by atoms with Crippen LogP contribution in [0.25, 0.3) is 22.2 Å². The number of nitrogens with zero attached hydrogens (tertiary/aromatic N) is 2. The fourth-order valence-corrected chi connectivity index (χ4v) is 5.80. The number of rotatable bonds is 4. The third-order valence-electron chi connectivity index (χ3n) is 6.15. The topological polar surface area (TPSA) is 75.4 Å². The Morgan fingerprint density at radius 1 is 1.20 bits per heavy atom. The summed E-state index contributed by atoms with van der Waals surface area (Å²) >= 11 is 2.09.